The molecule has 0 spiro atoms. The van der Waals surface area contributed by atoms with Gasteiger partial charge in [0.2, 0.25) is 0 Å². The molecule has 4 heteroatoms. The number of amides is 2. The molecule has 0 atom stereocenters. The zero-order valence-corrected chi connectivity index (χ0v) is 14.6. The van der Waals surface area contributed by atoms with Gasteiger partial charge < -0.3 is 10.2 Å². The van der Waals surface area contributed by atoms with E-state index in [4.69, 9.17) is 0 Å². The maximum atomic E-state index is 12.4. The predicted octanol–water partition coefficient (Wildman–Crippen LogP) is 3.55. The second kappa shape index (κ2) is 7.97. The van der Waals surface area contributed by atoms with Gasteiger partial charge >= 0.3 is 11.8 Å². The molecule has 0 fully saturated rings. The fourth-order valence-corrected chi connectivity index (χ4v) is 3.13. The van der Waals surface area contributed by atoms with Gasteiger partial charge in [0.05, 0.1) is 0 Å². The number of fused-ring (bicyclic) bond motifs is 1. The summed E-state index contributed by atoms with van der Waals surface area (Å²) < 4.78 is 0. The molecule has 1 aliphatic heterocycles. The van der Waals surface area contributed by atoms with Gasteiger partial charge in [-0.3, -0.25) is 9.59 Å². The van der Waals surface area contributed by atoms with Gasteiger partial charge in [-0.05, 0) is 48.1 Å². The van der Waals surface area contributed by atoms with Gasteiger partial charge in [-0.1, -0.05) is 49.7 Å². The Morgan fingerprint density at radius 3 is 2.48 bits per heavy atom. The minimum atomic E-state index is -0.569. The number of carbonyl (C=O) groups excluding carboxylic acids is 2. The zero-order chi connectivity index (χ0) is 17.6. The zero-order valence-electron chi connectivity index (χ0n) is 14.6. The average Bonchev–Trinajstić information content (AvgIpc) is 2.66. The van der Waals surface area contributed by atoms with Crippen LogP contribution in [-0.4, -0.2) is 23.3 Å². The molecule has 0 saturated heterocycles. The third kappa shape index (κ3) is 4.27. The van der Waals surface area contributed by atoms with E-state index in [1.807, 2.05) is 42.5 Å². The molecule has 0 radical (unpaired) electrons. The highest BCUT2D eigenvalue weighted by molar-refractivity contribution is 6.39. The molecule has 130 valence electrons. The van der Waals surface area contributed by atoms with E-state index >= 15 is 0 Å². The van der Waals surface area contributed by atoms with Gasteiger partial charge in [0.15, 0.2) is 0 Å². The van der Waals surface area contributed by atoms with Crippen LogP contribution in [-0.2, 0) is 29.0 Å². The summed E-state index contributed by atoms with van der Waals surface area (Å²) in [7, 11) is 0. The summed E-state index contributed by atoms with van der Waals surface area (Å²) in [6, 6.07) is 15.8. The summed E-state index contributed by atoms with van der Waals surface area (Å²) in [5.74, 6) is -1.04. The summed E-state index contributed by atoms with van der Waals surface area (Å²) >= 11 is 0. The van der Waals surface area contributed by atoms with Crippen molar-refractivity contribution in [1.82, 2.24) is 4.90 Å². The summed E-state index contributed by atoms with van der Waals surface area (Å²) in [4.78, 5) is 26.3. The lowest BCUT2D eigenvalue weighted by molar-refractivity contribution is -0.143. The van der Waals surface area contributed by atoms with Crippen molar-refractivity contribution in [2.75, 3.05) is 11.9 Å². The minimum absolute atomic E-state index is 0.468. The van der Waals surface area contributed by atoms with Crippen molar-refractivity contribution in [3.8, 4) is 0 Å². The number of anilines is 1. The number of unbranched alkanes of at least 4 members (excludes halogenated alkanes) is 1. The van der Waals surface area contributed by atoms with E-state index in [-0.39, 0.29) is 0 Å². The van der Waals surface area contributed by atoms with Crippen LogP contribution in [0.3, 0.4) is 0 Å². The third-order valence-electron chi connectivity index (χ3n) is 4.64. The van der Waals surface area contributed by atoms with Gasteiger partial charge in [0, 0.05) is 18.8 Å². The number of hydrogen-bond acceptors (Lipinski definition) is 2. The Balaban J connectivity index is 1.59. The van der Waals surface area contributed by atoms with Crippen LogP contribution in [0.4, 0.5) is 5.69 Å². The summed E-state index contributed by atoms with van der Waals surface area (Å²) in [6.07, 6.45) is 4.14. The Hall–Kier alpha value is -2.62. The van der Waals surface area contributed by atoms with Gasteiger partial charge in [-0.2, -0.15) is 0 Å². The van der Waals surface area contributed by atoms with Crippen LogP contribution in [0.5, 0.6) is 0 Å². The normalized spacial score (nSPS) is 13.2. The van der Waals surface area contributed by atoms with Crippen LogP contribution in [0, 0.1) is 0 Å². The van der Waals surface area contributed by atoms with Crippen LogP contribution in [0.2, 0.25) is 0 Å². The maximum absolute atomic E-state index is 12.4. The van der Waals surface area contributed by atoms with Crippen LogP contribution < -0.4 is 5.32 Å². The third-order valence-corrected chi connectivity index (χ3v) is 4.64. The van der Waals surface area contributed by atoms with Crippen molar-refractivity contribution in [1.29, 1.82) is 0 Å². The Labute approximate surface area is 148 Å². The van der Waals surface area contributed by atoms with Crippen molar-refractivity contribution in [3.63, 3.8) is 0 Å². The molecular weight excluding hydrogens is 312 g/mol. The molecule has 0 bridgehead atoms. The SMILES string of the molecule is CCCCc1ccc(NC(=O)C(=O)N2CCc3ccccc3C2)cc1. The van der Waals surface area contributed by atoms with E-state index in [0.717, 1.165) is 31.2 Å². The highest BCUT2D eigenvalue weighted by Gasteiger charge is 2.25. The first-order chi connectivity index (χ1) is 12.2. The molecule has 1 N–H and O–H groups in total. The van der Waals surface area contributed by atoms with E-state index in [0.29, 0.717) is 18.8 Å². The van der Waals surface area contributed by atoms with Crippen molar-refractivity contribution >= 4 is 17.5 Å². The molecule has 0 unspecified atom stereocenters. The molecular formula is C21H24N2O2. The highest BCUT2D eigenvalue weighted by Crippen LogP contribution is 2.19. The number of aryl methyl sites for hydroxylation is 1. The van der Waals surface area contributed by atoms with E-state index < -0.39 is 11.8 Å². The summed E-state index contributed by atoms with van der Waals surface area (Å²) in [5, 5.41) is 2.72. The Bertz CT molecular complexity index is 753. The Kier molecular flexibility index (Phi) is 5.49. The van der Waals surface area contributed by atoms with Gasteiger partial charge in [-0.15, -0.1) is 0 Å². The lowest BCUT2D eigenvalue weighted by Crippen LogP contribution is -2.42. The second-order valence-electron chi connectivity index (χ2n) is 6.50. The Morgan fingerprint density at radius 2 is 1.76 bits per heavy atom. The molecule has 1 heterocycles. The molecule has 25 heavy (non-hydrogen) atoms. The van der Waals surface area contributed by atoms with Crippen molar-refractivity contribution in [3.05, 3.63) is 65.2 Å². The minimum Gasteiger partial charge on any atom is -0.330 e. The topological polar surface area (TPSA) is 49.4 Å². The molecule has 3 rings (SSSR count). The first-order valence-corrected chi connectivity index (χ1v) is 8.93. The number of rotatable bonds is 4. The van der Waals surface area contributed by atoms with Gasteiger partial charge in [0.1, 0.15) is 0 Å². The van der Waals surface area contributed by atoms with E-state index in [9.17, 15) is 9.59 Å². The lowest BCUT2D eigenvalue weighted by Gasteiger charge is -2.28. The molecule has 0 aliphatic carbocycles. The fraction of sp³-hybridized carbons (Fsp3) is 0.333. The first-order valence-electron chi connectivity index (χ1n) is 8.93. The van der Waals surface area contributed by atoms with E-state index in [2.05, 4.69) is 18.3 Å². The fourth-order valence-electron chi connectivity index (χ4n) is 3.13. The highest BCUT2D eigenvalue weighted by atomic mass is 16.2. The summed E-state index contributed by atoms with van der Waals surface area (Å²) in [5.41, 5.74) is 4.29. The van der Waals surface area contributed by atoms with Crippen LogP contribution in [0.1, 0.15) is 36.5 Å². The molecule has 2 aromatic carbocycles. The molecule has 4 nitrogen and oxygen atoms in total. The van der Waals surface area contributed by atoms with Crippen LogP contribution in [0.25, 0.3) is 0 Å². The number of carbonyl (C=O) groups is 2. The largest absolute Gasteiger partial charge is 0.330 e. The van der Waals surface area contributed by atoms with E-state index in [1.54, 1.807) is 4.90 Å². The van der Waals surface area contributed by atoms with Crippen molar-refractivity contribution < 1.29 is 9.59 Å². The number of nitrogens with one attached hydrogen (secondary N) is 1. The van der Waals surface area contributed by atoms with Crippen molar-refractivity contribution in [2.24, 2.45) is 0 Å². The number of benzene rings is 2. The second-order valence-corrected chi connectivity index (χ2v) is 6.50. The average molecular weight is 336 g/mol. The number of nitrogens with zero attached hydrogens (tertiary/aromatic N) is 1. The smallest absolute Gasteiger partial charge is 0.313 e. The molecule has 2 amide bonds. The van der Waals surface area contributed by atoms with Crippen molar-refractivity contribution in [2.45, 2.75) is 39.2 Å². The van der Waals surface area contributed by atoms with Crippen LogP contribution in [0.15, 0.2) is 48.5 Å². The molecule has 0 aromatic heterocycles. The van der Waals surface area contributed by atoms with E-state index in [1.165, 1.54) is 11.1 Å². The van der Waals surface area contributed by atoms with Crippen LogP contribution >= 0.6 is 0 Å². The predicted molar refractivity (Wildman–Crippen MR) is 99.2 cm³/mol. The number of hydrogen-bond donors (Lipinski definition) is 1. The Morgan fingerprint density at radius 1 is 1.04 bits per heavy atom. The quantitative estimate of drug-likeness (QED) is 0.868. The molecule has 1 aliphatic rings. The summed E-state index contributed by atoms with van der Waals surface area (Å²) in [6.45, 7) is 3.25. The van der Waals surface area contributed by atoms with Gasteiger partial charge in [-0.25, -0.2) is 0 Å². The molecule has 2 aromatic rings. The standard InChI is InChI=1S/C21H24N2O2/c1-2-3-6-16-9-11-19(12-10-16)22-20(24)21(25)23-14-13-17-7-4-5-8-18(17)15-23/h4-5,7-12H,2-3,6,13-15H2,1H3,(H,22,24). The first kappa shape index (κ1) is 17.2. The van der Waals surface area contributed by atoms with Gasteiger partial charge in [0.25, 0.3) is 0 Å². The maximum Gasteiger partial charge on any atom is 0.313 e. The lowest BCUT2D eigenvalue weighted by atomic mass is 10.00. The monoisotopic (exact) mass is 336 g/mol. The molecule has 0 saturated carbocycles.